The van der Waals surface area contributed by atoms with Gasteiger partial charge in [-0.1, -0.05) is 25.7 Å². The molecule has 0 aliphatic carbocycles. The fourth-order valence-electron chi connectivity index (χ4n) is 0.691. The third-order valence-electron chi connectivity index (χ3n) is 1.65. The number of rotatable bonds is 3. The third-order valence-corrected chi connectivity index (χ3v) is 3.40. The molecule has 0 rings (SSSR count). The zero-order valence-electron chi connectivity index (χ0n) is 7.94. The van der Waals surface area contributed by atoms with E-state index in [1.54, 1.807) is 6.92 Å². The second-order valence-electron chi connectivity index (χ2n) is 4.59. The quantitative estimate of drug-likeness (QED) is 0.658. The highest BCUT2D eigenvalue weighted by Crippen LogP contribution is 2.16. The van der Waals surface area contributed by atoms with Crippen molar-refractivity contribution >= 4 is 8.07 Å². The topological polar surface area (TPSA) is 49.8 Å². The van der Waals surface area contributed by atoms with Gasteiger partial charge < -0.3 is 5.73 Å². The lowest BCUT2D eigenvalue weighted by molar-refractivity contribution is 0.574. The first-order valence-corrected chi connectivity index (χ1v) is 7.68. The van der Waals surface area contributed by atoms with Gasteiger partial charge in [0.2, 0.25) is 0 Å². The minimum Gasteiger partial charge on any atom is -0.314 e. The van der Waals surface area contributed by atoms with Crippen molar-refractivity contribution < 1.29 is 0 Å². The van der Waals surface area contributed by atoms with Crippen LogP contribution in [-0.2, 0) is 0 Å². The van der Waals surface area contributed by atoms with Crippen molar-refractivity contribution in [3.63, 3.8) is 0 Å². The van der Waals surface area contributed by atoms with E-state index in [1.165, 1.54) is 0 Å². The summed E-state index contributed by atoms with van der Waals surface area (Å²) in [5.41, 5.74) is 5.07. The van der Waals surface area contributed by atoms with Gasteiger partial charge in [0, 0.05) is 8.07 Å². The van der Waals surface area contributed by atoms with Crippen molar-refractivity contribution in [2.75, 3.05) is 0 Å². The predicted octanol–water partition coefficient (Wildman–Crippen LogP) is 1.96. The van der Waals surface area contributed by atoms with E-state index >= 15 is 0 Å². The van der Waals surface area contributed by atoms with Crippen LogP contribution >= 0.6 is 0 Å². The van der Waals surface area contributed by atoms with Crippen LogP contribution in [0.4, 0.5) is 0 Å². The van der Waals surface area contributed by atoms with Crippen LogP contribution in [0.15, 0.2) is 0 Å². The molecule has 0 aromatic rings. The second-order valence-corrected chi connectivity index (χ2v) is 10.2. The maximum absolute atomic E-state index is 8.63. The summed E-state index contributed by atoms with van der Waals surface area (Å²) >= 11 is 0. The van der Waals surface area contributed by atoms with Gasteiger partial charge in [0.25, 0.3) is 0 Å². The van der Waals surface area contributed by atoms with E-state index in [9.17, 15) is 0 Å². The molecule has 0 bridgehead atoms. The summed E-state index contributed by atoms with van der Waals surface area (Å²) in [6.45, 7) is 8.68. The molecule has 11 heavy (non-hydrogen) atoms. The third kappa shape index (κ3) is 6.08. The molecule has 0 fully saturated rings. The monoisotopic (exact) mass is 170 g/mol. The predicted molar refractivity (Wildman–Crippen MR) is 51.0 cm³/mol. The van der Waals surface area contributed by atoms with Gasteiger partial charge in [0.1, 0.15) is 5.54 Å². The minimum atomic E-state index is -1.01. The van der Waals surface area contributed by atoms with E-state index in [2.05, 4.69) is 25.7 Å². The molecule has 1 unspecified atom stereocenters. The molecule has 0 saturated heterocycles. The SMILES string of the molecule is CC(N)(C#N)CC[Si](C)(C)C. The van der Waals surface area contributed by atoms with Crippen LogP contribution in [0, 0.1) is 11.3 Å². The number of nitrogens with zero attached hydrogens (tertiary/aromatic N) is 1. The zero-order chi connectivity index (χ0) is 9.12. The summed E-state index contributed by atoms with van der Waals surface area (Å²) in [7, 11) is -1.01. The molecule has 0 aliphatic heterocycles. The van der Waals surface area contributed by atoms with Crippen molar-refractivity contribution in [2.45, 2.75) is 44.6 Å². The lowest BCUT2D eigenvalue weighted by Crippen LogP contribution is -2.36. The van der Waals surface area contributed by atoms with Gasteiger partial charge in [-0.15, -0.1) is 0 Å². The number of nitrogens with two attached hydrogens (primary N) is 1. The van der Waals surface area contributed by atoms with Gasteiger partial charge in [-0.2, -0.15) is 5.26 Å². The second kappa shape index (κ2) is 3.38. The standard InChI is InChI=1S/C8H18N2Si/c1-8(10,7-9)5-6-11(2,3)4/h5-6,10H2,1-4H3. The molecular formula is C8H18N2Si. The fraction of sp³-hybridized carbons (Fsp3) is 0.875. The molecule has 3 heteroatoms. The van der Waals surface area contributed by atoms with Gasteiger partial charge in [0.15, 0.2) is 0 Å². The van der Waals surface area contributed by atoms with Crippen LogP contribution in [-0.4, -0.2) is 13.6 Å². The van der Waals surface area contributed by atoms with Gasteiger partial charge in [-0.3, -0.25) is 0 Å². The van der Waals surface area contributed by atoms with Gasteiger partial charge in [0.05, 0.1) is 6.07 Å². The average Bonchev–Trinajstić information content (AvgIpc) is 1.83. The summed E-state index contributed by atoms with van der Waals surface area (Å²) in [4.78, 5) is 0. The Bertz CT molecular complexity index is 162. The molecule has 64 valence electrons. The first kappa shape index (κ1) is 10.7. The first-order valence-electron chi connectivity index (χ1n) is 3.97. The Morgan fingerprint density at radius 1 is 1.45 bits per heavy atom. The van der Waals surface area contributed by atoms with Gasteiger partial charge in [-0.25, -0.2) is 0 Å². The number of hydrogen-bond donors (Lipinski definition) is 1. The molecule has 0 saturated carbocycles. The van der Waals surface area contributed by atoms with Crippen LogP contribution in [0.2, 0.25) is 25.7 Å². The smallest absolute Gasteiger partial charge is 0.101 e. The van der Waals surface area contributed by atoms with E-state index in [-0.39, 0.29) is 0 Å². The van der Waals surface area contributed by atoms with Crippen LogP contribution < -0.4 is 5.73 Å². The molecular weight excluding hydrogens is 152 g/mol. The number of nitriles is 1. The van der Waals surface area contributed by atoms with Crippen molar-refractivity contribution in [1.82, 2.24) is 0 Å². The van der Waals surface area contributed by atoms with E-state index in [1.807, 2.05) is 0 Å². The summed E-state index contributed by atoms with van der Waals surface area (Å²) in [6.07, 6.45) is 0.833. The summed E-state index contributed by atoms with van der Waals surface area (Å²) in [5.74, 6) is 0. The Labute approximate surface area is 70.4 Å². The summed E-state index contributed by atoms with van der Waals surface area (Å²) < 4.78 is 0. The Hall–Kier alpha value is -0.333. The van der Waals surface area contributed by atoms with Crippen molar-refractivity contribution in [1.29, 1.82) is 5.26 Å². The number of hydrogen-bond acceptors (Lipinski definition) is 2. The van der Waals surface area contributed by atoms with Crippen molar-refractivity contribution in [2.24, 2.45) is 5.73 Å². The summed E-state index contributed by atoms with van der Waals surface area (Å²) in [6, 6.07) is 3.25. The normalized spacial score (nSPS) is 17.1. The average molecular weight is 170 g/mol. The van der Waals surface area contributed by atoms with Gasteiger partial charge in [-0.05, 0) is 13.3 Å². The highest BCUT2D eigenvalue weighted by molar-refractivity contribution is 6.76. The molecule has 1 atom stereocenters. The Morgan fingerprint density at radius 3 is 2.18 bits per heavy atom. The molecule has 0 amide bonds. The van der Waals surface area contributed by atoms with E-state index in [0.717, 1.165) is 12.5 Å². The molecule has 2 nitrogen and oxygen atoms in total. The van der Waals surface area contributed by atoms with Crippen molar-refractivity contribution in [3.8, 4) is 6.07 Å². The van der Waals surface area contributed by atoms with Gasteiger partial charge >= 0.3 is 0 Å². The molecule has 0 spiro atoms. The fourth-order valence-corrected chi connectivity index (χ4v) is 1.96. The molecule has 0 heterocycles. The van der Waals surface area contributed by atoms with E-state index in [0.29, 0.717) is 0 Å². The van der Waals surface area contributed by atoms with Crippen LogP contribution in [0.5, 0.6) is 0 Å². The summed E-state index contributed by atoms with van der Waals surface area (Å²) in [5, 5.41) is 8.63. The van der Waals surface area contributed by atoms with Crippen LogP contribution in [0.3, 0.4) is 0 Å². The Morgan fingerprint density at radius 2 is 1.91 bits per heavy atom. The maximum atomic E-state index is 8.63. The Balaban J connectivity index is 3.83. The lowest BCUT2D eigenvalue weighted by atomic mass is 10.0. The lowest BCUT2D eigenvalue weighted by Gasteiger charge is -2.21. The first-order chi connectivity index (χ1) is 4.77. The Kier molecular flexibility index (Phi) is 3.27. The largest absolute Gasteiger partial charge is 0.314 e. The van der Waals surface area contributed by atoms with E-state index < -0.39 is 13.6 Å². The molecule has 0 aromatic carbocycles. The molecule has 2 N–H and O–H groups in total. The highest BCUT2D eigenvalue weighted by atomic mass is 28.3. The molecule has 0 radical (unpaired) electrons. The molecule has 0 aliphatic rings. The zero-order valence-corrected chi connectivity index (χ0v) is 8.94. The van der Waals surface area contributed by atoms with Crippen LogP contribution in [0.1, 0.15) is 13.3 Å². The molecule has 0 aromatic heterocycles. The van der Waals surface area contributed by atoms with Crippen LogP contribution in [0.25, 0.3) is 0 Å². The highest BCUT2D eigenvalue weighted by Gasteiger charge is 2.21. The maximum Gasteiger partial charge on any atom is 0.101 e. The van der Waals surface area contributed by atoms with E-state index in [4.69, 9.17) is 11.0 Å². The van der Waals surface area contributed by atoms with Crippen molar-refractivity contribution in [3.05, 3.63) is 0 Å². The minimum absolute atomic E-state index is 0.611.